The Balaban J connectivity index is 0.00000225. The Morgan fingerprint density at radius 2 is 1.81 bits per heavy atom. The third kappa shape index (κ3) is 5.76. The summed E-state index contributed by atoms with van der Waals surface area (Å²) in [6.07, 6.45) is 0. The Kier molecular flexibility index (Phi) is 7.87. The largest absolute Gasteiger partial charge is 1.00 e. The van der Waals surface area contributed by atoms with Crippen molar-refractivity contribution < 1.29 is 66.1 Å². The van der Waals surface area contributed by atoms with Crippen molar-refractivity contribution in [3.05, 3.63) is 35.9 Å². The molecule has 0 aliphatic heterocycles. The van der Waals surface area contributed by atoms with E-state index < -0.39 is 5.97 Å². The maximum absolute atomic E-state index is 11.1. The van der Waals surface area contributed by atoms with Crippen LogP contribution in [0.2, 0.25) is 0 Å². The fourth-order valence-corrected chi connectivity index (χ4v) is 1.24. The summed E-state index contributed by atoms with van der Waals surface area (Å²) >= 11 is 0. The van der Waals surface area contributed by atoms with Gasteiger partial charge in [-0.25, -0.2) is 0 Å². The van der Waals surface area contributed by atoms with Gasteiger partial charge in [0.1, 0.15) is 0 Å². The van der Waals surface area contributed by atoms with E-state index in [4.69, 9.17) is 0 Å². The smallest absolute Gasteiger partial charge is 0.548 e. The van der Waals surface area contributed by atoms with Crippen LogP contribution in [0, 0.1) is 0 Å². The first kappa shape index (κ1) is 15.8. The number of carboxylic acids is 1. The molecule has 1 aromatic carbocycles. The van der Waals surface area contributed by atoms with Gasteiger partial charge in [0.2, 0.25) is 5.91 Å². The molecule has 5 heteroatoms. The SMILES string of the molecule is CC(=O)N(CC(=O)[O-])Cc1ccccc1.[K+]. The zero-order valence-corrected chi connectivity index (χ0v) is 12.6. The number of rotatable bonds is 4. The molecular formula is C11H12KNO3. The van der Waals surface area contributed by atoms with Gasteiger partial charge < -0.3 is 14.8 Å². The Morgan fingerprint density at radius 1 is 1.25 bits per heavy atom. The predicted molar refractivity (Wildman–Crippen MR) is 52.5 cm³/mol. The Morgan fingerprint density at radius 3 is 2.25 bits per heavy atom. The summed E-state index contributed by atoms with van der Waals surface area (Å²) in [7, 11) is 0. The third-order valence-corrected chi connectivity index (χ3v) is 1.98. The molecule has 1 amide bonds. The molecule has 16 heavy (non-hydrogen) atoms. The van der Waals surface area contributed by atoms with E-state index in [1.807, 2.05) is 30.3 Å². The van der Waals surface area contributed by atoms with E-state index >= 15 is 0 Å². The van der Waals surface area contributed by atoms with E-state index in [2.05, 4.69) is 0 Å². The summed E-state index contributed by atoms with van der Waals surface area (Å²) in [6, 6.07) is 9.22. The molecule has 4 nitrogen and oxygen atoms in total. The van der Waals surface area contributed by atoms with E-state index in [1.54, 1.807) is 0 Å². The minimum Gasteiger partial charge on any atom is -0.548 e. The number of benzene rings is 1. The van der Waals surface area contributed by atoms with Crippen molar-refractivity contribution in [2.24, 2.45) is 0 Å². The number of carbonyl (C=O) groups is 2. The van der Waals surface area contributed by atoms with Crippen LogP contribution in [0.25, 0.3) is 0 Å². The van der Waals surface area contributed by atoms with Crippen LogP contribution < -0.4 is 56.5 Å². The van der Waals surface area contributed by atoms with Crippen molar-refractivity contribution >= 4 is 11.9 Å². The second kappa shape index (κ2) is 7.97. The minimum absolute atomic E-state index is 0. The monoisotopic (exact) mass is 245 g/mol. The maximum atomic E-state index is 11.1. The quantitative estimate of drug-likeness (QED) is 0.525. The number of hydrogen-bond donors (Lipinski definition) is 0. The molecule has 0 spiro atoms. The number of amides is 1. The number of aliphatic carboxylic acids is 1. The number of carbonyl (C=O) groups excluding carboxylic acids is 2. The van der Waals surface area contributed by atoms with Crippen molar-refractivity contribution in [2.75, 3.05) is 6.54 Å². The first-order valence-electron chi connectivity index (χ1n) is 4.59. The van der Waals surface area contributed by atoms with E-state index in [0.29, 0.717) is 6.54 Å². The van der Waals surface area contributed by atoms with Gasteiger partial charge in [0.25, 0.3) is 0 Å². The van der Waals surface area contributed by atoms with Gasteiger partial charge in [-0.15, -0.1) is 0 Å². The zero-order valence-electron chi connectivity index (χ0n) is 9.47. The van der Waals surface area contributed by atoms with Gasteiger partial charge in [0.15, 0.2) is 0 Å². The fourth-order valence-electron chi connectivity index (χ4n) is 1.24. The normalized spacial score (nSPS) is 9.06. The maximum Gasteiger partial charge on any atom is 1.00 e. The molecule has 0 unspecified atom stereocenters. The van der Waals surface area contributed by atoms with Gasteiger partial charge in [-0.1, -0.05) is 30.3 Å². The average molecular weight is 245 g/mol. The molecule has 1 aromatic rings. The summed E-state index contributed by atoms with van der Waals surface area (Å²) in [5, 5.41) is 10.4. The summed E-state index contributed by atoms with van der Waals surface area (Å²) in [4.78, 5) is 22.7. The molecule has 1 rings (SSSR count). The molecule has 0 aliphatic rings. The predicted octanol–water partition coefficient (Wildman–Crippen LogP) is -3.21. The summed E-state index contributed by atoms with van der Waals surface area (Å²) in [5.74, 6) is -1.52. The van der Waals surface area contributed by atoms with Crippen molar-refractivity contribution in [3.8, 4) is 0 Å². The van der Waals surface area contributed by atoms with Crippen LogP contribution in [0.3, 0.4) is 0 Å². The molecule has 0 aliphatic carbocycles. The van der Waals surface area contributed by atoms with Gasteiger partial charge in [-0.05, 0) is 5.56 Å². The van der Waals surface area contributed by atoms with Crippen molar-refractivity contribution in [3.63, 3.8) is 0 Å². The summed E-state index contributed by atoms with van der Waals surface area (Å²) in [6.45, 7) is 1.26. The van der Waals surface area contributed by atoms with Crippen molar-refractivity contribution in [1.29, 1.82) is 0 Å². The van der Waals surface area contributed by atoms with E-state index in [1.165, 1.54) is 11.8 Å². The van der Waals surface area contributed by atoms with Crippen LogP contribution >= 0.6 is 0 Å². The average Bonchev–Trinajstić information content (AvgIpc) is 2.17. The van der Waals surface area contributed by atoms with Crippen LogP contribution in [0.5, 0.6) is 0 Å². The van der Waals surface area contributed by atoms with Crippen molar-refractivity contribution in [2.45, 2.75) is 13.5 Å². The second-order valence-corrected chi connectivity index (χ2v) is 3.23. The minimum atomic E-state index is -1.25. The number of hydrogen-bond acceptors (Lipinski definition) is 3. The van der Waals surface area contributed by atoms with E-state index in [9.17, 15) is 14.7 Å². The molecule has 0 bridgehead atoms. The van der Waals surface area contributed by atoms with Crippen LogP contribution in [0.15, 0.2) is 30.3 Å². The molecule has 0 heterocycles. The van der Waals surface area contributed by atoms with Gasteiger partial charge in [0, 0.05) is 13.5 Å². The first-order chi connectivity index (χ1) is 7.09. The van der Waals surface area contributed by atoms with Crippen molar-refractivity contribution in [1.82, 2.24) is 4.90 Å². The standard InChI is InChI=1S/C11H13NO3.K/c1-9(13)12(8-11(14)15)7-10-5-3-2-4-6-10;/h2-6H,7-8H2,1H3,(H,14,15);/q;+1/p-1. The Hall–Kier alpha value is -0.204. The Bertz CT molecular complexity index is 354. The molecule has 80 valence electrons. The molecule has 0 saturated carbocycles. The van der Waals surface area contributed by atoms with Gasteiger partial charge in [-0.2, -0.15) is 0 Å². The number of carboxylic acid groups (broad SMARTS) is 1. The van der Waals surface area contributed by atoms with Crippen LogP contribution in [-0.2, 0) is 16.1 Å². The molecule has 0 saturated heterocycles. The molecule has 0 atom stereocenters. The second-order valence-electron chi connectivity index (χ2n) is 3.23. The molecule has 0 radical (unpaired) electrons. The molecule has 0 aromatic heterocycles. The topological polar surface area (TPSA) is 60.4 Å². The first-order valence-corrected chi connectivity index (χ1v) is 4.59. The molecular weight excluding hydrogens is 233 g/mol. The molecule has 0 N–H and O–H groups in total. The van der Waals surface area contributed by atoms with Gasteiger partial charge in [-0.3, -0.25) is 4.79 Å². The van der Waals surface area contributed by atoms with Gasteiger partial charge >= 0.3 is 51.4 Å². The Labute approximate surface area is 137 Å². The van der Waals surface area contributed by atoms with Crippen LogP contribution in [-0.4, -0.2) is 23.3 Å². The summed E-state index contributed by atoms with van der Waals surface area (Å²) < 4.78 is 0. The fraction of sp³-hybridized carbons (Fsp3) is 0.273. The van der Waals surface area contributed by atoms with Crippen LogP contribution in [0.4, 0.5) is 0 Å². The molecule has 0 fully saturated rings. The summed E-state index contributed by atoms with van der Waals surface area (Å²) in [5.41, 5.74) is 0.897. The van der Waals surface area contributed by atoms with Gasteiger partial charge in [0.05, 0.1) is 12.5 Å². The zero-order chi connectivity index (χ0) is 11.3. The van der Waals surface area contributed by atoms with E-state index in [-0.39, 0.29) is 63.8 Å². The van der Waals surface area contributed by atoms with Crippen LogP contribution in [0.1, 0.15) is 12.5 Å². The number of nitrogens with zero attached hydrogens (tertiary/aromatic N) is 1. The third-order valence-electron chi connectivity index (χ3n) is 1.98. The van der Waals surface area contributed by atoms with E-state index in [0.717, 1.165) is 5.56 Å².